The number of aromatic nitrogens is 1. The Kier molecular flexibility index (Phi) is 2.34. The van der Waals surface area contributed by atoms with Crippen molar-refractivity contribution in [2.45, 2.75) is 0 Å². The summed E-state index contributed by atoms with van der Waals surface area (Å²) in [5.74, 6) is 0. The van der Waals surface area contributed by atoms with Crippen LogP contribution in [0.1, 0.15) is 5.69 Å². The summed E-state index contributed by atoms with van der Waals surface area (Å²) in [5.41, 5.74) is 1.77. The van der Waals surface area contributed by atoms with Gasteiger partial charge in [-0.15, -0.1) is 11.3 Å². The summed E-state index contributed by atoms with van der Waals surface area (Å²) in [7, 11) is 0. The lowest BCUT2D eigenvalue weighted by molar-refractivity contribution is 1.35. The zero-order valence-corrected chi connectivity index (χ0v) is 8.40. The van der Waals surface area contributed by atoms with Crippen LogP contribution in [-0.4, -0.2) is 4.98 Å². The van der Waals surface area contributed by atoms with Crippen molar-refractivity contribution in [3.05, 3.63) is 47.3 Å². The Morgan fingerprint density at radius 2 is 2.08 bits per heavy atom. The summed E-state index contributed by atoms with van der Waals surface area (Å²) in [4.78, 5) is 4.26. The van der Waals surface area contributed by atoms with Gasteiger partial charge >= 0.3 is 0 Å². The first kappa shape index (κ1) is 8.73. The highest BCUT2D eigenvalue weighted by Crippen LogP contribution is 2.29. The first-order chi connectivity index (χ1) is 6.27. The zero-order valence-electron chi connectivity index (χ0n) is 6.83. The van der Waals surface area contributed by atoms with Crippen molar-refractivity contribution in [2.24, 2.45) is 0 Å². The van der Waals surface area contributed by atoms with E-state index < -0.39 is 0 Å². The second-order valence-corrected chi connectivity index (χ2v) is 3.89. The van der Waals surface area contributed by atoms with Crippen molar-refractivity contribution >= 4 is 22.9 Å². The van der Waals surface area contributed by atoms with Gasteiger partial charge in [-0.1, -0.05) is 29.8 Å². The van der Waals surface area contributed by atoms with Gasteiger partial charge in [0.2, 0.25) is 0 Å². The van der Waals surface area contributed by atoms with Crippen LogP contribution in [0.15, 0.2) is 29.6 Å². The molecule has 65 valence electrons. The summed E-state index contributed by atoms with van der Waals surface area (Å²) >= 11 is 7.57. The molecule has 1 nitrogen and oxygen atoms in total. The average molecular weight is 209 g/mol. The van der Waals surface area contributed by atoms with E-state index in [4.69, 9.17) is 11.6 Å². The Morgan fingerprint density at radius 1 is 1.31 bits per heavy atom. The molecule has 2 rings (SSSR count). The fraction of sp³-hybridized carbons (Fsp3) is 0. The van der Waals surface area contributed by atoms with Gasteiger partial charge in [-0.2, -0.15) is 0 Å². The molecule has 0 N–H and O–H groups in total. The standard InChI is InChI=1S/C10H7ClNS/c1-7-6-13-10(12-7)8-4-2-3-5-9(8)11/h2-6H,1H2. The van der Waals surface area contributed by atoms with Crippen molar-refractivity contribution in [2.75, 3.05) is 0 Å². The number of thiazole rings is 1. The second kappa shape index (κ2) is 3.48. The van der Waals surface area contributed by atoms with Crippen molar-refractivity contribution in [3.63, 3.8) is 0 Å². The van der Waals surface area contributed by atoms with E-state index >= 15 is 0 Å². The summed E-state index contributed by atoms with van der Waals surface area (Å²) in [6.45, 7) is 3.75. The minimum absolute atomic E-state index is 0.733. The summed E-state index contributed by atoms with van der Waals surface area (Å²) < 4.78 is 0. The molecule has 0 aliphatic carbocycles. The Balaban J connectivity index is 2.52. The van der Waals surface area contributed by atoms with Crippen LogP contribution in [0.3, 0.4) is 0 Å². The topological polar surface area (TPSA) is 12.9 Å². The van der Waals surface area contributed by atoms with Crippen molar-refractivity contribution in [1.82, 2.24) is 4.98 Å². The van der Waals surface area contributed by atoms with Crippen LogP contribution in [0.2, 0.25) is 5.02 Å². The van der Waals surface area contributed by atoms with Gasteiger partial charge in [0.15, 0.2) is 0 Å². The predicted octanol–water partition coefficient (Wildman–Crippen LogP) is 3.65. The van der Waals surface area contributed by atoms with Gasteiger partial charge in [-0.3, -0.25) is 0 Å². The first-order valence-corrected chi connectivity index (χ1v) is 5.05. The maximum atomic E-state index is 6.01. The van der Waals surface area contributed by atoms with Crippen molar-refractivity contribution < 1.29 is 0 Å². The van der Waals surface area contributed by atoms with Crippen LogP contribution in [0.25, 0.3) is 10.6 Å². The third-order valence-electron chi connectivity index (χ3n) is 1.66. The third-order valence-corrected chi connectivity index (χ3v) is 2.91. The maximum absolute atomic E-state index is 6.01. The molecule has 0 bridgehead atoms. The molecule has 1 aromatic carbocycles. The molecule has 0 saturated carbocycles. The average Bonchev–Trinajstić information content (AvgIpc) is 2.53. The van der Waals surface area contributed by atoms with E-state index in [-0.39, 0.29) is 0 Å². The number of halogens is 1. The molecule has 0 aliphatic rings. The fourth-order valence-electron chi connectivity index (χ4n) is 1.07. The third kappa shape index (κ3) is 1.74. The Bertz CT molecular complexity index is 422. The normalized spacial score (nSPS) is 10.3. The van der Waals surface area contributed by atoms with Gasteiger partial charge in [-0.05, 0) is 13.0 Å². The molecule has 0 aliphatic heterocycles. The van der Waals surface area contributed by atoms with Gasteiger partial charge in [0.1, 0.15) is 5.01 Å². The lowest BCUT2D eigenvalue weighted by Crippen LogP contribution is -1.77. The minimum atomic E-state index is 0.733. The molecule has 0 fully saturated rings. The number of hydrogen-bond acceptors (Lipinski definition) is 2. The van der Waals surface area contributed by atoms with Crippen LogP contribution < -0.4 is 0 Å². The van der Waals surface area contributed by atoms with E-state index in [1.54, 1.807) is 11.3 Å². The van der Waals surface area contributed by atoms with Crippen molar-refractivity contribution in [3.8, 4) is 10.6 Å². The van der Waals surface area contributed by atoms with Crippen LogP contribution in [0.5, 0.6) is 0 Å². The van der Waals surface area contributed by atoms with Crippen LogP contribution in [0, 0.1) is 6.92 Å². The molecule has 0 saturated heterocycles. The lowest BCUT2D eigenvalue weighted by Gasteiger charge is -1.97. The zero-order chi connectivity index (χ0) is 9.26. The Morgan fingerprint density at radius 3 is 2.69 bits per heavy atom. The molecular formula is C10H7ClNS. The van der Waals surface area contributed by atoms with Crippen molar-refractivity contribution in [1.29, 1.82) is 0 Å². The highest BCUT2D eigenvalue weighted by molar-refractivity contribution is 7.13. The smallest absolute Gasteiger partial charge is 0.125 e. The molecule has 1 heterocycles. The van der Waals surface area contributed by atoms with Gasteiger partial charge in [-0.25, -0.2) is 4.98 Å². The molecule has 0 spiro atoms. The largest absolute Gasteiger partial charge is 0.241 e. The number of rotatable bonds is 1. The first-order valence-electron chi connectivity index (χ1n) is 3.80. The molecule has 13 heavy (non-hydrogen) atoms. The van der Waals surface area contributed by atoms with E-state index in [2.05, 4.69) is 11.9 Å². The molecule has 3 heteroatoms. The van der Waals surface area contributed by atoms with Crippen LogP contribution in [-0.2, 0) is 0 Å². The summed E-state index contributed by atoms with van der Waals surface area (Å²) in [6.07, 6.45) is 0. The van der Waals surface area contributed by atoms with E-state index in [0.29, 0.717) is 0 Å². The number of nitrogens with zero attached hydrogens (tertiary/aromatic N) is 1. The molecule has 1 radical (unpaired) electrons. The summed E-state index contributed by atoms with van der Waals surface area (Å²) in [5, 5.41) is 3.58. The molecule has 2 aromatic rings. The van der Waals surface area contributed by atoms with E-state index in [1.807, 2.05) is 29.6 Å². The predicted molar refractivity (Wildman–Crippen MR) is 57.0 cm³/mol. The quantitative estimate of drug-likeness (QED) is 0.697. The molecule has 0 unspecified atom stereocenters. The Labute approximate surface area is 86.0 Å². The molecule has 0 atom stereocenters. The molecular weight excluding hydrogens is 202 g/mol. The lowest BCUT2D eigenvalue weighted by atomic mass is 10.2. The number of benzene rings is 1. The van der Waals surface area contributed by atoms with Gasteiger partial charge in [0.25, 0.3) is 0 Å². The number of hydrogen-bond donors (Lipinski definition) is 0. The Hall–Kier alpha value is -0.860. The fourth-order valence-corrected chi connectivity index (χ4v) is 2.12. The van der Waals surface area contributed by atoms with Gasteiger partial charge in [0, 0.05) is 10.9 Å². The van der Waals surface area contributed by atoms with E-state index in [9.17, 15) is 0 Å². The second-order valence-electron chi connectivity index (χ2n) is 2.62. The monoisotopic (exact) mass is 208 g/mol. The van der Waals surface area contributed by atoms with Gasteiger partial charge < -0.3 is 0 Å². The molecule has 0 amide bonds. The summed E-state index contributed by atoms with van der Waals surface area (Å²) in [6, 6.07) is 7.68. The highest BCUT2D eigenvalue weighted by Gasteiger charge is 2.05. The van der Waals surface area contributed by atoms with Crippen LogP contribution >= 0.6 is 22.9 Å². The maximum Gasteiger partial charge on any atom is 0.125 e. The van der Waals surface area contributed by atoms with E-state index in [1.165, 1.54) is 0 Å². The highest BCUT2D eigenvalue weighted by atomic mass is 35.5. The minimum Gasteiger partial charge on any atom is -0.241 e. The molecule has 1 aromatic heterocycles. The van der Waals surface area contributed by atoms with Gasteiger partial charge in [0.05, 0.1) is 10.7 Å². The van der Waals surface area contributed by atoms with Crippen LogP contribution in [0.4, 0.5) is 0 Å². The SMILES string of the molecule is [CH2]c1csc(-c2ccccc2Cl)n1. The van der Waals surface area contributed by atoms with E-state index in [0.717, 1.165) is 21.3 Å².